The highest BCUT2D eigenvalue weighted by molar-refractivity contribution is 6.00. The quantitative estimate of drug-likeness (QED) is 0.674. The molecule has 20 heavy (non-hydrogen) atoms. The lowest BCUT2D eigenvalue weighted by Gasteiger charge is -2.13. The fraction of sp³-hybridized carbons (Fsp3) is 0.308. The lowest BCUT2D eigenvalue weighted by atomic mass is 10.1. The minimum absolute atomic E-state index is 0.357. The summed E-state index contributed by atoms with van der Waals surface area (Å²) in [6.45, 7) is 2.66. The van der Waals surface area contributed by atoms with Gasteiger partial charge in [0.05, 0.1) is 19.4 Å². The van der Waals surface area contributed by atoms with Crippen molar-refractivity contribution in [2.45, 2.75) is 6.92 Å². The van der Waals surface area contributed by atoms with E-state index in [4.69, 9.17) is 4.74 Å². The van der Waals surface area contributed by atoms with E-state index in [1.54, 1.807) is 11.8 Å². The number of methoxy groups -OCH3 is 1. The normalized spacial score (nSPS) is 15.0. The molecule has 2 amide bonds. The summed E-state index contributed by atoms with van der Waals surface area (Å²) in [5, 5.41) is 3.91. The van der Waals surface area contributed by atoms with E-state index in [9.17, 15) is 9.59 Å². The third kappa shape index (κ3) is 3.05. The van der Waals surface area contributed by atoms with Gasteiger partial charge in [0, 0.05) is 5.69 Å². The number of amides is 2. The lowest BCUT2D eigenvalue weighted by Crippen LogP contribution is -2.23. The van der Waals surface area contributed by atoms with Crippen LogP contribution in [0, 0.1) is 0 Å². The first-order valence-electron chi connectivity index (χ1n) is 6.05. The number of rotatable bonds is 3. The average Bonchev–Trinajstić information content (AvgIpc) is 2.90. The van der Waals surface area contributed by atoms with Crippen LogP contribution in [0.15, 0.2) is 29.4 Å². The van der Waals surface area contributed by atoms with Crippen LogP contribution in [-0.2, 0) is 9.47 Å². The fourth-order valence-electron chi connectivity index (χ4n) is 1.77. The molecule has 1 fully saturated rings. The van der Waals surface area contributed by atoms with Crippen molar-refractivity contribution in [1.29, 1.82) is 0 Å². The molecule has 1 aliphatic rings. The Morgan fingerprint density at radius 2 is 2.30 bits per heavy atom. The van der Waals surface area contributed by atoms with Crippen LogP contribution in [0.5, 0.6) is 0 Å². The SMILES string of the molecule is COC(=O)N/N=C(\C)c1cccc(N2CCOC2=O)c1. The molecule has 0 aliphatic carbocycles. The molecule has 0 spiro atoms. The Morgan fingerprint density at radius 3 is 2.95 bits per heavy atom. The Bertz CT molecular complexity index is 556. The molecule has 1 saturated heterocycles. The average molecular weight is 277 g/mol. The van der Waals surface area contributed by atoms with Crippen LogP contribution in [0.3, 0.4) is 0 Å². The molecule has 7 heteroatoms. The van der Waals surface area contributed by atoms with Gasteiger partial charge in [-0.2, -0.15) is 5.10 Å². The molecule has 1 aliphatic heterocycles. The second-order valence-corrected chi connectivity index (χ2v) is 4.12. The van der Waals surface area contributed by atoms with Gasteiger partial charge >= 0.3 is 12.2 Å². The number of carbonyl (C=O) groups is 2. The molecular weight excluding hydrogens is 262 g/mol. The van der Waals surface area contributed by atoms with Gasteiger partial charge in [0.25, 0.3) is 0 Å². The van der Waals surface area contributed by atoms with Crippen LogP contribution in [0.4, 0.5) is 15.3 Å². The van der Waals surface area contributed by atoms with Gasteiger partial charge in [0.2, 0.25) is 0 Å². The number of carbonyl (C=O) groups excluding carboxylic acids is 2. The van der Waals surface area contributed by atoms with Gasteiger partial charge in [-0.05, 0) is 24.6 Å². The molecule has 106 valence electrons. The predicted molar refractivity (Wildman–Crippen MR) is 72.9 cm³/mol. The van der Waals surface area contributed by atoms with Gasteiger partial charge in [0.1, 0.15) is 6.61 Å². The van der Waals surface area contributed by atoms with Gasteiger partial charge in [-0.1, -0.05) is 12.1 Å². The van der Waals surface area contributed by atoms with Gasteiger partial charge < -0.3 is 9.47 Å². The van der Waals surface area contributed by atoms with E-state index in [1.807, 2.05) is 24.3 Å². The Labute approximate surface area is 116 Å². The van der Waals surface area contributed by atoms with Crippen LogP contribution in [0.1, 0.15) is 12.5 Å². The molecule has 1 aromatic carbocycles. The van der Waals surface area contributed by atoms with E-state index >= 15 is 0 Å². The molecule has 1 heterocycles. The maximum atomic E-state index is 11.5. The van der Waals surface area contributed by atoms with Crippen LogP contribution in [-0.4, -0.2) is 38.2 Å². The summed E-state index contributed by atoms with van der Waals surface area (Å²) in [5.74, 6) is 0. The zero-order valence-corrected chi connectivity index (χ0v) is 11.3. The monoisotopic (exact) mass is 277 g/mol. The second kappa shape index (κ2) is 6.05. The van der Waals surface area contributed by atoms with E-state index in [2.05, 4.69) is 15.3 Å². The number of hydrogen-bond acceptors (Lipinski definition) is 5. The van der Waals surface area contributed by atoms with Gasteiger partial charge in [0.15, 0.2) is 0 Å². The summed E-state index contributed by atoms with van der Waals surface area (Å²) in [5.41, 5.74) is 4.38. The molecule has 0 radical (unpaired) electrons. The molecule has 0 bridgehead atoms. The Morgan fingerprint density at radius 1 is 1.50 bits per heavy atom. The second-order valence-electron chi connectivity index (χ2n) is 4.12. The van der Waals surface area contributed by atoms with E-state index in [0.29, 0.717) is 18.9 Å². The zero-order chi connectivity index (χ0) is 14.5. The first-order chi connectivity index (χ1) is 9.61. The summed E-state index contributed by atoms with van der Waals surface area (Å²) in [4.78, 5) is 24.0. The van der Waals surface area contributed by atoms with Gasteiger partial charge in [-0.25, -0.2) is 15.0 Å². The third-order valence-electron chi connectivity index (χ3n) is 2.84. The number of anilines is 1. The minimum atomic E-state index is -0.636. The number of nitrogens with zero attached hydrogens (tertiary/aromatic N) is 2. The molecule has 0 aromatic heterocycles. The van der Waals surface area contributed by atoms with Crippen molar-refractivity contribution < 1.29 is 19.1 Å². The number of nitrogens with one attached hydrogen (secondary N) is 1. The van der Waals surface area contributed by atoms with E-state index in [0.717, 1.165) is 11.3 Å². The first-order valence-corrected chi connectivity index (χ1v) is 6.05. The van der Waals surface area contributed by atoms with Crippen molar-refractivity contribution in [2.24, 2.45) is 5.10 Å². The highest BCUT2D eigenvalue weighted by Gasteiger charge is 2.23. The minimum Gasteiger partial charge on any atom is -0.452 e. The number of cyclic esters (lactones) is 1. The molecule has 1 aromatic rings. The molecule has 0 unspecified atom stereocenters. The smallest absolute Gasteiger partial charge is 0.427 e. The topological polar surface area (TPSA) is 80.2 Å². The summed E-state index contributed by atoms with van der Waals surface area (Å²) in [6, 6.07) is 7.28. The summed E-state index contributed by atoms with van der Waals surface area (Å²) in [6.07, 6.45) is -0.993. The predicted octanol–water partition coefficient (Wildman–Crippen LogP) is 1.72. The molecule has 1 N–H and O–H groups in total. The Balaban J connectivity index is 2.17. The molecule has 2 rings (SSSR count). The van der Waals surface area contributed by atoms with Crippen LogP contribution >= 0.6 is 0 Å². The van der Waals surface area contributed by atoms with Crippen molar-refractivity contribution in [3.05, 3.63) is 29.8 Å². The van der Waals surface area contributed by atoms with Crippen LogP contribution in [0.25, 0.3) is 0 Å². The lowest BCUT2D eigenvalue weighted by molar-refractivity contribution is 0.171. The van der Waals surface area contributed by atoms with E-state index < -0.39 is 6.09 Å². The van der Waals surface area contributed by atoms with Gasteiger partial charge in [-0.3, -0.25) is 4.90 Å². The maximum Gasteiger partial charge on any atom is 0.427 e. The Hall–Kier alpha value is -2.57. The summed E-state index contributed by atoms with van der Waals surface area (Å²) < 4.78 is 9.33. The van der Waals surface area contributed by atoms with Crippen molar-refractivity contribution in [3.8, 4) is 0 Å². The van der Waals surface area contributed by atoms with E-state index in [1.165, 1.54) is 7.11 Å². The van der Waals surface area contributed by atoms with Gasteiger partial charge in [-0.15, -0.1) is 0 Å². The number of benzene rings is 1. The first kappa shape index (κ1) is 13.9. The van der Waals surface area contributed by atoms with Crippen LogP contribution < -0.4 is 10.3 Å². The van der Waals surface area contributed by atoms with Crippen molar-refractivity contribution in [1.82, 2.24) is 5.43 Å². The van der Waals surface area contributed by atoms with E-state index in [-0.39, 0.29) is 6.09 Å². The molecule has 0 atom stereocenters. The zero-order valence-electron chi connectivity index (χ0n) is 11.3. The molecular formula is C13H15N3O4. The van der Waals surface area contributed by atoms with Crippen molar-refractivity contribution >= 4 is 23.6 Å². The maximum absolute atomic E-state index is 11.5. The summed E-state index contributed by atoms with van der Waals surface area (Å²) in [7, 11) is 1.26. The summed E-state index contributed by atoms with van der Waals surface area (Å²) >= 11 is 0. The number of hydrogen-bond donors (Lipinski definition) is 1. The highest BCUT2D eigenvalue weighted by atomic mass is 16.6. The number of ether oxygens (including phenoxy) is 2. The van der Waals surface area contributed by atoms with Crippen molar-refractivity contribution in [2.75, 3.05) is 25.2 Å². The highest BCUT2D eigenvalue weighted by Crippen LogP contribution is 2.20. The Kier molecular flexibility index (Phi) is 4.19. The van der Waals surface area contributed by atoms with Crippen LogP contribution in [0.2, 0.25) is 0 Å². The number of hydrazone groups is 1. The molecule has 0 saturated carbocycles. The third-order valence-corrected chi connectivity index (χ3v) is 2.84. The molecule has 7 nitrogen and oxygen atoms in total. The fourth-order valence-corrected chi connectivity index (χ4v) is 1.77. The largest absolute Gasteiger partial charge is 0.452 e. The van der Waals surface area contributed by atoms with Crippen molar-refractivity contribution in [3.63, 3.8) is 0 Å². The standard InChI is InChI=1S/C13H15N3O4/c1-9(14-15-12(17)19-2)10-4-3-5-11(8-10)16-6-7-20-13(16)18/h3-5,8H,6-7H2,1-2H3,(H,15,17)/b14-9+.